The van der Waals surface area contributed by atoms with Crippen molar-refractivity contribution in [3.05, 3.63) is 29.6 Å². The number of sulfonamides is 1. The van der Waals surface area contributed by atoms with Crippen molar-refractivity contribution in [2.75, 3.05) is 13.2 Å². The second-order valence-corrected chi connectivity index (χ2v) is 7.15. The van der Waals surface area contributed by atoms with Gasteiger partial charge in [0.15, 0.2) is 0 Å². The number of halogens is 1. The Kier molecular flexibility index (Phi) is 5.18. The van der Waals surface area contributed by atoms with E-state index in [-0.39, 0.29) is 18.0 Å². The third-order valence-electron chi connectivity index (χ3n) is 3.75. The molecular formula is C15H20FNO4S. The van der Waals surface area contributed by atoms with Crippen LogP contribution in [-0.2, 0) is 19.6 Å². The monoisotopic (exact) mass is 329 g/mol. The molecule has 2 rings (SSSR count). The Morgan fingerprint density at radius 1 is 1.41 bits per heavy atom. The molecule has 1 heterocycles. The number of esters is 1. The molecule has 0 bridgehead atoms. The summed E-state index contributed by atoms with van der Waals surface area (Å²) in [5.74, 6) is -1.16. The minimum Gasteiger partial charge on any atom is -0.465 e. The number of ether oxygens (including phenoxy) is 1. The Hall–Kier alpha value is -1.47. The highest BCUT2D eigenvalue weighted by atomic mass is 32.2. The first-order valence-electron chi connectivity index (χ1n) is 7.32. The first-order chi connectivity index (χ1) is 10.4. The molecule has 1 aliphatic rings. The molecule has 0 radical (unpaired) electrons. The van der Waals surface area contributed by atoms with Crippen LogP contribution in [0.5, 0.6) is 0 Å². The Morgan fingerprint density at radius 2 is 2.14 bits per heavy atom. The number of carbonyl (C=O) groups excluding carboxylic acids is 1. The summed E-state index contributed by atoms with van der Waals surface area (Å²) in [4.78, 5) is 11.9. The van der Waals surface area contributed by atoms with E-state index in [1.807, 2.05) is 0 Å². The normalized spacial score (nSPS) is 19.9. The number of aryl methyl sites for hydroxylation is 1. The number of hydrogen-bond acceptors (Lipinski definition) is 4. The van der Waals surface area contributed by atoms with Crippen molar-refractivity contribution >= 4 is 16.0 Å². The Morgan fingerprint density at radius 3 is 2.82 bits per heavy atom. The highest BCUT2D eigenvalue weighted by Crippen LogP contribution is 2.28. The van der Waals surface area contributed by atoms with Crippen molar-refractivity contribution < 1.29 is 22.3 Å². The molecular weight excluding hydrogens is 309 g/mol. The van der Waals surface area contributed by atoms with E-state index < -0.39 is 27.9 Å². The molecule has 22 heavy (non-hydrogen) atoms. The lowest BCUT2D eigenvalue weighted by Crippen LogP contribution is -2.48. The Labute approximate surface area is 130 Å². The van der Waals surface area contributed by atoms with E-state index in [1.54, 1.807) is 13.8 Å². The molecule has 5 nitrogen and oxygen atoms in total. The molecule has 0 aromatic heterocycles. The second-order valence-electron chi connectivity index (χ2n) is 5.29. The van der Waals surface area contributed by atoms with Crippen LogP contribution >= 0.6 is 0 Å². The number of piperidine rings is 1. The van der Waals surface area contributed by atoms with Crippen LogP contribution in [0.2, 0.25) is 0 Å². The van der Waals surface area contributed by atoms with Crippen LogP contribution in [0.25, 0.3) is 0 Å². The van der Waals surface area contributed by atoms with E-state index in [0.717, 1.165) is 16.8 Å². The molecule has 0 aliphatic carbocycles. The van der Waals surface area contributed by atoms with Crippen LogP contribution in [0.3, 0.4) is 0 Å². The van der Waals surface area contributed by atoms with Gasteiger partial charge in [-0.3, -0.25) is 4.79 Å². The molecule has 1 atom stereocenters. The quantitative estimate of drug-likeness (QED) is 0.795. The van der Waals surface area contributed by atoms with Gasteiger partial charge >= 0.3 is 5.97 Å². The summed E-state index contributed by atoms with van der Waals surface area (Å²) in [7, 11) is -3.94. The zero-order valence-corrected chi connectivity index (χ0v) is 13.5. The van der Waals surface area contributed by atoms with E-state index in [0.29, 0.717) is 18.4 Å². The van der Waals surface area contributed by atoms with Crippen molar-refractivity contribution in [2.24, 2.45) is 0 Å². The van der Waals surface area contributed by atoms with Crippen LogP contribution in [0.4, 0.5) is 4.39 Å². The highest BCUT2D eigenvalue weighted by molar-refractivity contribution is 7.89. The summed E-state index contributed by atoms with van der Waals surface area (Å²) in [6, 6.07) is 2.81. The smallest absolute Gasteiger partial charge is 0.324 e. The number of hydrogen-bond donors (Lipinski definition) is 0. The van der Waals surface area contributed by atoms with Gasteiger partial charge in [-0.25, -0.2) is 12.8 Å². The molecule has 0 N–H and O–H groups in total. The Balaban J connectivity index is 2.41. The molecule has 1 fully saturated rings. The fraction of sp³-hybridized carbons (Fsp3) is 0.533. The van der Waals surface area contributed by atoms with Gasteiger partial charge in [0, 0.05) is 6.54 Å². The number of rotatable bonds is 4. The summed E-state index contributed by atoms with van der Waals surface area (Å²) in [6.45, 7) is 3.72. The standard InChI is InChI=1S/C15H20FNO4S/c1-3-21-15(18)13-6-4-5-9-17(13)22(19,20)14-10-12(16)8-7-11(14)2/h7-8,10,13H,3-6,9H2,1-2H3. The summed E-state index contributed by atoms with van der Waals surface area (Å²) in [5, 5.41) is 0. The van der Waals surface area contributed by atoms with Gasteiger partial charge in [-0.2, -0.15) is 4.31 Å². The fourth-order valence-electron chi connectivity index (χ4n) is 2.64. The molecule has 1 aromatic carbocycles. The average molecular weight is 329 g/mol. The average Bonchev–Trinajstić information content (AvgIpc) is 2.50. The molecule has 7 heteroatoms. The number of carbonyl (C=O) groups is 1. The SMILES string of the molecule is CCOC(=O)C1CCCCN1S(=O)(=O)c1cc(F)ccc1C. The predicted molar refractivity (Wildman–Crippen MR) is 79.3 cm³/mol. The number of nitrogens with zero attached hydrogens (tertiary/aromatic N) is 1. The lowest BCUT2D eigenvalue weighted by atomic mass is 10.1. The van der Waals surface area contributed by atoms with Gasteiger partial charge < -0.3 is 4.74 Å². The molecule has 0 saturated carbocycles. The molecule has 1 aliphatic heterocycles. The van der Waals surface area contributed by atoms with Crippen molar-refractivity contribution in [3.8, 4) is 0 Å². The van der Waals surface area contributed by atoms with Crippen LogP contribution in [0.1, 0.15) is 31.7 Å². The maximum absolute atomic E-state index is 13.4. The Bertz CT molecular complexity index is 660. The largest absolute Gasteiger partial charge is 0.465 e. The van der Waals surface area contributed by atoms with Gasteiger partial charge in [0.05, 0.1) is 11.5 Å². The summed E-state index contributed by atoms with van der Waals surface area (Å²) in [6.07, 6.45) is 1.85. The predicted octanol–water partition coefficient (Wildman–Crippen LogP) is 2.24. The second kappa shape index (κ2) is 6.75. The summed E-state index contributed by atoms with van der Waals surface area (Å²) < 4.78 is 45.2. The van der Waals surface area contributed by atoms with Crippen molar-refractivity contribution in [1.82, 2.24) is 4.31 Å². The molecule has 1 unspecified atom stereocenters. The van der Waals surface area contributed by atoms with Crippen LogP contribution < -0.4 is 0 Å². The highest BCUT2D eigenvalue weighted by Gasteiger charge is 2.39. The van der Waals surface area contributed by atoms with Crippen LogP contribution in [-0.4, -0.2) is 37.9 Å². The first-order valence-corrected chi connectivity index (χ1v) is 8.76. The van der Waals surface area contributed by atoms with E-state index >= 15 is 0 Å². The van der Waals surface area contributed by atoms with Crippen molar-refractivity contribution in [2.45, 2.75) is 44.0 Å². The lowest BCUT2D eigenvalue weighted by Gasteiger charge is -2.33. The minimum atomic E-state index is -3.94. The van der Waals surface area contributed by atoms with E-state index in [1.165, 1.54) is 12.1 Å². The third-order valence-corrected chi connectivity index (χ3v) is 5.80. The fourth-order valence-corrected chi connectivity index (χ4v) is 4.53. The zero-order valence-electron chi connectivity index (χ0n) is 12.7. The van der Waals surface area contributed by atoms with E-state index in [4.69, 9.17) is 4.74 Å². The van der Waals surface area contributed by atoms with Gasteiger partial charge in [0.1, 0.15) is 11.9 Å². The van der Waals surface area contributed by atoms with Gasteiger partial charge in [-0.1, -0.05) is 6.07 Å². The molecule has 1 aromatic rings. The van der Waals surface area contributed by atoms with Crippen LogP contribution in [0.15, 0.2) is 23.1 Å². The lowest BCUT2D eigenvalue weighted by molar-refractivity contribution is -0.148. The van der Waals surface area contributed by atoms with Gasteiger partial charge in [0.25, 0.3) is 0 Å². The first kappa shape index (κ1) is 16.9. The summed E-state index contributed by atoms with van der Waals surface area (Å²) >= 11 is 0. The number of benzene rings is 1. The molecule has 0 amide bonds. The maximum atomic E-state index is 13.4. The third kappa shape index (κ3) is 3.30. The zero-order chi connectivity index (χ0) is 16.3. The summed E-state index contributed by atoms with van der Waals surface area (Å²) in [5.41, 5.74) is 0.453. The van der Waals surface area contributed by atoms with Crippen LogP contribution in [0, 0.1) is 12.7 Å². The van der Waals surface area contributed by atoms with Crippen molar-refractivity contribution in [3.63, 3.8) is 0 Å². The van der Waals surface area contributed by atoms with Gasteiger partial charge in [-0.15, -0.1) is 0 Å². The molecule has 0 spiro atoms. The maximum Gasteiger partial charge on any atom is 0.324 e. The van der Waals surface area contributed by atoms with Gasteiger partial charge in [0.2, 0.25) is 10.0 Å². The van der Waals surface area contributed by atoms with Gasteiger partial charge in [-0.05, 0) is 50.8 Å². The van der Waals surface area contributed by atoms with E-state index in [9.17, 15) is 17.6 Å². The topological polar surface area (TPSA) is 63.7 Å². The molecule has 122 valence electrons. The van der Waals surface area contributed by atoms with Crippen molar-refractivity contribution in [1.29, 1.82) is 0 Å². The molecule has 1 saturated heterocycles. The minimum absolute atomic E-state index is 0.0938. The van der Waals surface area contributed by atoms with E-state index in [2.05, 4.69) is 0 Å².